The number of hydrogen-bond acceptors (Lipinski definition) is 4. The molecule has 1 aliphatic rings. The third-order valence-corrected chi connectivity index (χ3v) is 4.81. The van der Waals surface area contributed by atoms with Crippen molar-refractivity contribution in [3.8, 4) is 0 Å². The van der Waals surface area contributed by atoms with Crippen LogP contribution in [0.4, 0.5) is 9.18 Å². The molecule has 1 fully saturated rings. The van der Waals surface area contributed by atoms with Crippen LogP contribution in [0.5, 0.6) is 0 Å². The minimum Gasteiger partial charge on any atom is -0.472 e. The van der Waals surface area contributed by atoms with E-state index >= 15 is 0 Å². The van der Waals surface area contributed by atoms with E-state index in [0.717, 1.165) is 12.1 Å². The molecule has 2 atom stereocenters. The van der Waals surface area contributed by atoms with E-state index < -0.39 is 6.17 Å². The Morgan fingerprint density at radius 2 is 2.35 bits per heavy atom. The fourth-order valence-electron chi connectivity index (χ4n) is 2.78. The van der Waals surface area contributed by atoms with Crippen LogP contribution < -0.4 is 10.6 Å². The maximum atomic E-state index is 13.7. The Bertz CT molecular complexity index is 603. The van der Waals surface area contributed by atoms with E-state index in [4.69, 9.17) is 4.42 Å². The highest BCUT2D eigenvalue weighted by Crippen LogP contribution is 2.23. The fraction of sp³-hybridized carbons (Fsp3) is 0.438. The largest absolute Gasteiger partial charge is 0.472 e. The molecule has 2 aromatic rings. The summed E-state index contributed by atoms with van der Waals surface area (Å²) in [4.78, 5) is 15.2. The molecular weight excluding hydrogens is 317 g/mol. The van der Waals surface area contributed by atoms with Crippen molar-refractivity contribution in [3.05, 3.63) is 46.5 Å². The van der Waals surface area contributed by atoms with E-state index in [-0.39, 0.29) is 12.1 Å². The number of halogens is 1. The first-order valence-electron chi connectivity index (χ1n) is 7.64. The molecule has 7 heteroatoms. The van der Waals surface area contributed by atoms with Crippen LogP contribution in [-0.2, 0) is 13.1 Å². The molecule has 1 saturated heterocycles. The number of nitrogens with one attached hydrogen (secondary N) is 2. The number of hydrogen-bond donors (Lipinski definition) is 2. The zero-order chi connectivity index (χ0) is 16.1. The molecule has 0 aromatic carbocycles. The van der Waals surface area contributed by atoms with E-state index in [1.165, 1.54) is 4.88 Å². The third-order valence-electron chi connectivity index (χ3n) is 3.95. The van der Waals surface area contributed by atoms with Crippen molar-refractivity contribution in [1.82, 2.24) is 15.5 Å². The second-order valence-corrected chi connectivity index (χ2v) is 6.72. The second kappa shape index (κ2) is 7.61. The highest BCUT2D eigenvalue weighted by molar-refractivity contribution is 7.09. The number of furan rings is 1. The summed E-state index contributed by atoms with van der Waals surface area (Å²) < 4.78 is 18.7. The van der Waals surface area contributed by atoms with Crippen LogP contribution in [0.25, 0.3) is 0 Å². The summed E-state index contributed by atoms with van der Waals surface area (Å²) in [6.45, 7) is 2.03. The molecule has 0 bridgehead atoms. The van der Waals surface area contributed by atoms with Gasteiger partial charge in [-0.1, -0.05) is 6.07 Å². The molecule has 23 heavy (non-hydrogen) atoms. The monoisotopic (exact) mass is 337 g/mol. The minimum atomic E-state index is -0.823. The first-order chi connectivity index (χ1) is 11.2. The van der Waals surface area contributed by atoms with E-state index in [1.807, 2.05) is 11.4 Å². The number of carbonyl (C=O) groups excluding carboxylic acids is 1. The smallest absolute Gasteiger partial charge is 0.315 e. The third kappa shape index (κ3) is 4.56. The van der Waals surface area contributed by atoms with Gasteiger partial charge in [0.15, 0.2) is 0 Å². The Balaban J connectivity index is 1.44. The Morgan fingerprint density at radius 1 is 1.43 bits per heavy atom. The number of rotatable bonds is 6. The van der Waals surface area contributed by atoms with Crippen molar-refractivity contribution in [2.75, 3.05) is 13.1 Å². The van der Waals surface area contributed by atoms with Gasteiger partial charge in [0.05, 0.1) is 12.5 Å². The predicted molar refractivity (Wildman–Crippen MR) is 87.0 cm³/mol. The highest BCUT2D eigenvalue weighted by atomic mass is 32.1. The Labute approximate surface area is 138 Å². The Kier molecular flexibility index (Phi) is 5.30. The highest BCUT2D eigenvalue weighted by Gasteiger charge is 2.32. The van der Waals surface area contributed by atoms with Gasteiger partial charge in [0.25, 0.3) is 0 Å². The van der Waals surface area contributed by atoms with Crippen LogP contribution in [0.3, 0.4) is 0 Å². The van der Waals surface area contributed by atoms with Crippen molar-refractivity contribution >= 4 is 17.4 Å². The Morgan fingerprint density at radius 3 is 3.09 bits per heavy atom. The average molecular weight is 337 g/mol. The second-order valence-electron chi connectivity index (χ2n) is 5.69. The van der Waals surface area contributed by atoms with E-state index in [1.54, 1.807) is 29.9 Å². The first kappa shape index (κ1) is 16.0. The zero-order valence-corrected chi connectivity index (χ0v) is 13.5. The zero-order valence-electron chi connectivity index (χ0n) is 12.7. The van der Waals surface area contributed by atoms with Gasteiger partial charge < -0.3 is 15.1 Å². The van der Waals surface area contributed by atoms with Crippen LogP contribution in [0.2, 0.25) is 0 Å². The molecule has 124 valence electrons. The van der Waals surface area contributed by atoms with Gasteiger partial charge in [-0.3, -0.25) is 4.90 Å². The van der Waals surface area contributed by atoms with Gasteiger partial charge in [-0.15, -0.1) is 11.3 Å². The van der Waals surface area contributed by atoms with Gasteiger partial charge in [-0.2, -0.15) is 0 Å². The van der Waals surface area contributed by atoms with Gasteiger partial charge in [0.1, 0.15) is 6.17 Å². The van der Waals surface area contributed by atoms with E-state index in [2.05, 4.69) is 21.6 Å². The lowest BCUT2D eigenvalue weighted by molar-refractivity contribution is 0.220. The summed E-state index contributed by atoms with van der Waals surface area (Å²) in [5.41, 5.74) is 0.907. The van der Waals surface area contributed by atoms with Crippen molar-refractivity contribution in [2.45, 2.75) is 31.7 Å². The summed E-state index contributed by atoms with van der Waals surface area (Å²) in [6.07, 6.45) is 2.80. The molecule has 2 N–H and O–H groups in total. The van der Waals surface area contributed by atoms with Crippen LogP contribution in [-0.4, -0.2) is 36.2 Å². The van der Waals surface area contributed by atoms with Crippen LogP contribution in [0, 0.1) is 0 Å². The summed E-state index contributed by atoms with van der Waals surface area (Å²) >= 11 is 1.67. The lowest BCUT2D eigenvalue weighted by Crippen LogP contribution is -2.43. The number of urea groups is 1. The molecule has 1 aliphatic heterocycles. The maximum Gasteiger partial charge on any atom is 0.315 e. The number of amides is 2. The van der Waals surface area contributed by atoms with Crippen LogP contribution in [0.1, 0.15) is 16.9 Å². The average Bonchev–Trinajstić information content (AvgIpc) is 3.26. The van der Waals surface area contributed by atoms with Gasteiger partial charge in [0.2, 0.25) is 0 Å². The molecule has 0 saturated carbocycles. The normalized spacial score (nSPS) is 21.4. The molecule has 2 amide bonds. The predicted octanol–water partition coefficient (Wildman–Crippen LogP) is 2.75. The minimum absolute atomic E-state index is 0.0341. The number of nitrogens with zero attached hydrogens (tertiary/aromatic N) is 1. The molecule has 2 aromatic heterocycles. The van der Waals surface area contributed by atoms with Crippen molar-refractivity contribution < 1.29 is 13.6 Å². The van der Waals surface area contributed by atoms with Crippen molar-refractivity contribution in [1.29, 1.82) is 0 Å². The van der Waals surface area contributed by atoms with Gasteiger partial charge in [0, 0.05) is 42.7 Å². The summed E-state index contributed by atoms with van der Waals surface area (Å²) in [5.74, 6) is 0. The van der Waals surface area contributed by atoms with E-state index in [9.17, 15) is 9.18 Å². The van der Waals surface area contributed by atoms with Gasteiger partial charge in [-0.25, -0.2) is 9.18 Å². The topological polar surface area (TPSA) is 57.5 Å². The number of alkyl halides is 1. The van der Waals surface area contributed by atoms with Gasteiger partial charge in [-0.05, 0) is 23.9 Å². The quantitative estimate of drug-likeness (QED) is 0.852. The molecule has 0 radical (unpaired) electrons. The molecule has 0 aliphatic carbocycles. The maximum absolute atomic E-state index is 13.7. The summed E-state index contributed by atoms with van der Waals surface area (Å²) in [7, 11) is 0. The SMILES string of the molecule is O=C(NCc1ccoc1)NC[C@@H]1C[C@H](F)CN1Cc1cccs1. The van der Waals surface area contributed by atoms with Crippen molar-refractivity contribution in [3.63, 3.8) is 0 Å². The molecule has 3 rings (SSSR count). The molecular formula is C16H20FN3O2S. The van der Waals surface area contributed by atoms with E-state index in [0.29, 0.717) is 26.1 Å². The lowest BCUT2D eigenvalue weighted by atomic mass is 10.2. The summed E-state index contributed by atoms with van der Waals surface area (Å²) in [6, 6.07) is 5.64. The van der Waals surface area contributed by atoms with Crippen molar-refractivity contribution in [2.24, 2.45) is 0 Å². The standard InChI is InChI=1S/C16H20FN3O2S/c17-13-6-14(20(9-13)10-15-2-1-5-23-15)8-19-16(21)18-7-12-3-4-22-11-12/h1-5,11,13-14H,6-10H2,(H2,18,19,21)/t13-,14-/m0/s1. The Hall–Kier alpha value is -1.86. The van der Waals surface area contributed by atoms with Crippen LogP contribution >= 0.6 is 11.3 Å². The number of likely N-dealkylation sites (tertiary alicyclic amines) is 1. The first-order valence-corrected chi connectivity index (χ1v) is 8.52. The fourth-order valence-corrected chi connectivity index (χ4v) is 3.51. The lowest BCUT2D eigenvalue weighted by Gasteiger charge is -2.23. The number of carbonyl (C=O) groups is 1. The van der Waals surface area contributed by atoms with Crippen LogP contribution in [0.15, 0.2) is 40.5 Å². The number of thiophene rings is 1. The molecule has 3 heterocycles. The molecule has 0 spiro atoms. The summed E-state index contributed by atoms with van der Waals surface area (Å²) in [5, 5.41) is 7.61. The van der Waals surface area contributed by atoms with Gasteiger partial charge >= 0.3 is 6.03 Å². The molecule has 5 nitrogen and oxygen atoms in total. The molecule has 0 unspecified atom stereocenters.